The molecular weight excluding hydrogens is 240 g/mol. The van der Waals surface area contributed by atoms with Gasteiger partial charge in [-0.05, 0) is 11.8 Å². The molecule has 1 N–H and O–H groups in total. The quantitative estimate of drug-likeness (QED) is 0.898. The average Bonchev–Trinajstić information content (AvgIpc) is 2.75. The zero-order chi connectivity index (χ0) is 9.97. The monoisotopic (exact) mass is 244 g/mol. The van der Waals surface area contributed by atoms with E-state index in [-0.39, 0.29) is 4.88 Å². The third kappa shape index (κ3) is 2.11. The van der Waals surface area contributed by atoms with Gasteiger partial charge in [-0.1, -0.05) is 0 Å². The molecule has 0 aromatic carbocycles. The number of carbonyl (C=O) groups is 1. The van der Waals surface area contributed by atoms with E-state index in [0.29, 0.717) is 4.34 Å². The molecule has 0 fully saturated rings. The van der Waals surface area contributed by atoms with Crippen molar-refractivity contribution in [3.05, 3.63) is 22.7 Å². The molecule has 4 nitrogen and oxygen atoms in total. The molecule has 2 aromatic heterocycles. The summed E-state index contributed by atoms with van der Waals surface area (Å²) in [5, 5.41) is 10.5. The van der Waals surface area contributed by atoms with Crippen LogP contribution in [0.4, 0.5) is 0 Å². The van der Waals surface area contributed by atoms with E-state index in [1.54, 1.807) is 6.20 Å². The highest BCUT2D eigenvalue weighted by molar-refractivity contribution is 8.02. The van der Waals surface area contributed by atoms with Crippen molar-refractivity contribution in [3.63, 3.8) is 0 Å². The lowest BCUT2D eigenvalue weighted by Gasteiger charge is -1.87. The van der Waals surface area contributed by atoms with Crippen molar-refractivity contribution in [1.29, 1.82) is 0 Å². The molecule has 72 valence electrons. The number of hydrogen-bond donors (Lipinski definition) is 1. The lowest BCUT2D eigenvalue weighted by molar-refractivity contribution is 0.0702. The van der Waals surface area contributed by atoms with E-state index in [1.165, 1.54) is 29.3 Å². The van der Waals surface area contributed by atoms with Gasteiger partial charge >= 0.3 is 5.97 Å². The van der Waals surface area contributed by atoms with Gasteiger partial charge in [0.25, 0.3) is 0 Å². The second kappa shape index (κ2) is 4.07. The number of aromatic carboxylic acids is 1. The van der Waals surface area contributed by atoms with Crippen molar-refractivity contribution in [2.45, 2.75) is 8.68 Å². The molecule has 0 unspecified atom stereocenters. The first-order valence-corrected chi connectivity index (χ1v) is 6.03. The van der Waals surface area contributed by atoms with Gasteiger partial charge in [-0.25, -0.2) is 14.8 Å². The fourth-order valence-electron chi connectivity index (χ4n) is 0.740. The molecule has 0 saturated carbocycles. The lowest BCUT2D eigenvalue weighted by atomic mass is 10.6. The van der Waals surface area contributed by atoms with Crippen LogP contribution >= 0.6 is 34.4 Å². The van der Waals surface area contributed by atoms with Crippen LogP contribution in [0.25, 0.3) is 0 Å². The fraction of sp³-hybridized carbons (Fsp3) is 0. The van der Waals surface area contributed by atoms with Gasteiger partial charge in [-0.15, -0.1) is 22.7 Å². The maximum Gasteiger partial charge on any atom is 0.347 e. The molecular formula is C7H4N2O2S3. The molecule has 0 atom stereocenters. The van der Waals surface area contributed by atoms with Crippen LogP contribution < -0.4 is 0 Å². The summed E-state index contributed by atoms with van der Waals surface area (Å²) in [7, 11) is 0. The van der Waals surface area contributed by atoms with Crippen LogP contribution in [0.5, 0.6) is 0 Å². The summed E-state index contributed by atoms with van der Waals surface area (Å²) in [6.45, 7) is 0. The number of carboxylic acids is 1. The van der Waals surface area contributed by atoms with Gasteiger partial charge in [0, 0.05) is 11.6 Å². The Morgan fingerprint density at radius 2 is 2.29 bits per heavy atom. The molecule has 0 aliphatic rings. The average molecular weight is 244 g/mol. The molecule has 0 spiro atoms. The summed E-state index contributed by atoms with van der Waals surface area (Å²) in [5.74, 6) is -0.937. The Morgan fingerprint density at radius 3 is 2.86 bits per heavy atom. The Balaban J connectivity index is 2.14. The van der Waals surface area contributed by atoms with Crippen molar-refractivity contribution < 1.29 is 9.90 Å². The number of nitrogens with zero attached hydrogens (tertiary/aromatic N) is 2. The van der Waals surface area contributed by atoms with Crippen molar-refractivity contribution >= 4 is 40.4 Å². The molecule has 0 radical (unpaired) electrons. The predicted molar refractivity (Wildman–Crippen MR) is 55.3 cm³/mol. The SMILES string of the molecule is O=C(O)c1cnc(Sc2nccs2)s1. The third-order valence-corrected chi connectivity index (χ3v) is 4.22. The van der Waals surface area contributed by atoms with Gasteiger partial charge in [-0.2, -0.15) is 0 Å². The minimum atomic E-state index is -0.937. The molecule has 14 heavy (non-hydrogen) atoms. The summed E-state index contributed by atoms with van der Waals surface area (Å²) in [5.41, 5.74) is 0. The number of hydrogen-bond acceptors (Lipinski definition) is 6. The van der Waals surface area contributed by atoms with E-state index < -0.39 is 5.97 Å². The Hall–Kier alpha value is -0.920. The second-order valence-corrected chi connectivity index (χ2v) is 5.62. The van der Waals surface area contributed by atoms with Gasteiger partial charge in [0.15, 0.2) is 8.68 Å². The van der Waals surface area contributed by atoms with Crippen LogP contribution in [-0.2, 0) is 0 Å². The molecule has 0 amide bonds. The van der Waals surface area contributed by atoms with Crippen molar-refractivity contribution in [2.75, 3.05) is 0 Å². The zero-order valence-electron chi connectivity index (χ0n) is 6.71. The van der Waals surface area contributed by atoms with Crippen LogP contribution in [0.2, 0.25) is 0 Å². The Bertz CT molecular complexity index is 437. The molecule has 0 aliphatic carbocycles. The van der Waals surface area contributed by atoms with Crippen LogP contribution in [0.1, 0.15) is 9.67 Å². The van der Waals surface area contributed by atoms with E-state index in [4.69, 9.17) is 5.11 Å². The molecule has 0 aliphatic heterocycles. The van der Waals surface area contributed by atoms with Crippen molar-refractivity contribution in [3.8, 4) is 0 Å². The van der Waals surface area contributed by atoms with Crippen LogP contribution in [0.15, 0.2) is 26.5 Å². The Morgan fingerprint density at radius 1 is 1.43 bits per heavy atom. The summed E-state index contributed by atoms with van der Waals surface area (Å²) >= 11 is 4.05. The minimum absolute atomic E-state index is 0.254. The molecule has 2 aromatic rings. The fourth-order valence-corrected chi connectivity index (χ4v) is 3.38. The number of aromatic nitrogens is 2. The number of carboxylic acid groups (broad SMARTS) is 1. The van der Waals surface area contributed by atoms with Gasteiger partial charge < -0.3 is 5.11 Å². The highest BCUT2D eigenvalue weighted by Gasteiger charge is 2.10. The summed E-state index contributed by atoms with van der Waals surface area (Å²) in [6.07, 6.45) is 3.07. The molecule has 0 saturated heterocycles. The summed E-state index contributed by atoms with van der Waals surface area (Å²) < 4.78 is 1.58. The first-order chi connectivity index (χ1) is 6.75. The maximum absolute atomic E-state index is 10.6. The molecule has 0 bridgehead atoms. The van der Waals surface area contributed by atoms with Gasteiger partial charge in [0.2, 0.25) is 0 Å². The molecule has 2 heterocycles. The zero-order valence-corrected chi connectivity index (χ0v) is 9.16. The first kappa shape index (κ1) is 9.63. The molecule has 2 rings (SSSR count). The Kier molecular flexibility index (Phi) is 2.80. The third-order valence-electron chi connectivity index (χ3n) is 1.28. The van der Waals surface area contributed by atoms with E-state index in [1.807, 2.05) is 5.38 Å². The number of rotatable bonds is 3. The first-order valence-electron chi connectivity index (χ1n) is 3.52. The van der Waals surface area contributed by atoms with E-state index in [2.05, 4.69) is 9.97 Å². The summed E-state index contributed by atoms with van der Waals surface area (Å²) in [4.78, 5) is 18.9. The second-order valence-electron chi connectivity index (χ2n) is 2.20. The highest BCUT2D eigenvalue weighted by Crippen LogP contribution is 2.32. The topological polar surface area (TPSA) is 63.1 Å². The van der Waals surface area contributed by atoms with Crippen molar-refractivity contribution in [2.24, 2.45) is 0 Å². The standard InChI is InChI=1S/C7H4N2O2S3/c10-5(11)4-3-9-7(13-4)14-6-8-1-2-12-6/h1-3H,(H,10,11). The highest BCUT2D eigenvalue weighted by atomic mass is 32.2. The maximum atomic E-state index is 10.6. The minimum Gasteiger partial charge on any atom is -0.477 e. The van der Waals surface area contributed by atoms with Crippen LogP contribution in [0, 0.1) is 0 Å². The van der Waals surface area contributed by atoms with Gasteiger partial charge in [0.05, 0.1) is 6.20 Å². The van der Waals surface area contributed by atoms with Crippen LogP contribution in [0.3, 0.4) is 0 Å². The number of thiazole rings is 2. The molecule has 7 heteroatoms. The Labute approximate surface area is 91.7 Å². The smallest absolute Gasteiger partial charge is 0.347 e. The van der Waals surface area contributed by atoms with Gasteiger partial charge in [0.1, 0.15) is 4.88 Å². The van der Waals surface area contributed by atoms with E-state index >= 15 is 0 Å². The predicted octanol–water partition coefficient (Wildman–Crippen LogP) is 2.45. The van der Waals surface area contributed by atoms with E-state index in [0.717, 1.165) is 15.7 Å². The van der Waals surface area contributed by atoms with Gasteiger partial charge in [-0.3, -0.25) is 0 Å². The van der Waals surface area contributed by atoms with E-state index in [9.17, 15) is 4.79 Å². The van der Waals surface area contributed by atoms with Crippen molar-refractivity contribution in [1.82, 2.24) is 9.97 Å². The lowest BCUT2D eigenvalue weighted by Crippen LogP contribution is -1.89. The summed E-state index contributed by atoms with van der Waals surface area (Å²) in [6, 6.07) is 0. The van der Waals surface area contributed by atoms with Crippen LogP contribution in [-0.4, -0.2) is 21.0 Å². The largest absolute Gasteiger partial charge is 0.477 e. The normalized spacial score (nSPS) is 10.3.